The van der Waals surface area contributed by atoms with Crippen LogP contribution in [0.15, 0.2) is 36.4 Å². The molecule has 0 heterocycles. The molecule has 0 aliphatic carbocycles. The molecule has 0 bridgehead atoms. The molecule has 30 heavy (non-hydrogen) atoms. The number of methoxy groups -OCH3 is 1. The summed E-state index contributed by atoms with van der Waals surface area (Å²) < 4.78 is 31.3. The summed E-state index contributed by atoms with van der Waals surface area (Å²) in [5, 5.41) is 2.95. The molecule has 0 aromatic heterocycles. The lowest BCUT2D eigenvalue weighted by atomic mass is 9.93. The molecule has 0 aliphatic rings. The van der Waals surface area contributed by atoms with Gasteiger partial charge in [-0.1, -0.05) is 32.0 Å². The quantitative estimate of drug-likeness (QED) is 0.682. The van der Waals surface area contributed by atoms with Crippen LogP contribution in [0.1, 0.15) is 55.0 Å². The van der Waals surface area contributed by atoms with Gasteiger partial charge in [0.1, 0.15) is 12.3 Å². The molecule has 7 heteroatoms. The Morgan fingerprint density at radius 3 is 2.23 bits per heavy atom. The maximum Gasteiger partial charge on any atom is 0.241 e. The van der Waals surface area contributed by atoms with Crippen LogP contribution in [0.5, 0.6) is 5.75 Å². The Morgan fingerprint density at radius 2 is 1.70 bits per heavy atom. The van der Waals surface area contributed by atoms with Gasteiger partial charge in [-0.2, -0.15) is 0 Å². The Hall–Kier alpha value is -2.54. The molecule has 2 rings (SSSR count). The second-order valence-electron chi connectivity index (χ2n) is 7.95. The predicted molar refractivity (Wildman–Crippen MR) is 122 cm³/mol. The summed E-state index contributed by atoms with van der Waals surface area (Å²) in [6.07, 6.45) is 1.11. The summed E-state index contributed by atoms with van der Waals surface area (Å²) in [6, 6.07) is 10.9. The van der Waals surface area contributed by atoms with Crippen molar-refractivity contribution >= 4 is 21.6 Å². The third kappa shape index (κ3) is 5.53. The Labute approximate surface area is 180 Å². The van der Waals surface area contributed by atoms with Crippen LogP contribution >= 0.6 is 0 Å². The monoisotopic (exact) mass is 432 g/mol. The zero-order valence-electron chi connectivity index (χ0n) is 18.8. The minimum absolute atomic E-state index is 0.268. The number of aryl methyl sites for hydroxylation is 2. The lowest BCUT2D eigenvalue weighted by Crippen LogP contribution is -2.41. The highest BCUT2D eigenvalue weighted by Crippen LogP contribution is 2.32. The second kappa shape index (κ2) is 9.51. The number of benzene rings is 2. The average molecular weight is 433 g/mol. The van der Waals surface area contributed by atoms with E-state index in [1.807, 2.05) is 39.0 Å². The number of hydrogen-bond donors (Lipinski definition) is 1. The Morgan fingerprint density at radius 1 is 1.07 bits per heavy atom. The van der Waals surface area contributed by atoms with Gasteiger partial charge in [0.25, 0.3) is 0 Å². The van der Waals surface area contributed by atoms with Gasteiger partial charge in [-0.05, 0) is 67.1 Å². The maximum atomic E-state index is 12.8. The van der Waals surface area contributed by atoms with Crippen LogP contribution in [-0.4, -0.2) is 34.2 Å². The molecule has 0 radical (unpaired) electrons. The van der Waals surface area contributed by atoms with E-state index in [4.69, 9.17) is 4.74 Å². The summed E-state index contributed by atoms with van der Waals surface area (Å²) in [6.45, 7) is 9.59. The number of nitrogens with zero attached hydrogens (tertiary/aromatic N) is 1. The van der Waals surface area contributed by atoms with Crippen LogP contribution in [0.3, 0.4) is 0 Å². The van der Waals surface area contributed by atoms with Crippen molar-refractivity contribution in [1.29, 1.82) is 0 Å². The van der Waals surface area contributed by atoms with Gasteiger partial charge in [0.15, 0.2) is 0 Å². The first-order chi connectivity index (χ1) is 14.0. The van der Waals surface area contributed by atoms with Crippen LogP contribution < -0.4 is 14.4 Å². The molecule has 0 saturated carbocycles. The number of nitrogens with one attached hydrogen (secondary N) is 1. The first-order valence-electron chi connectivity index (χ1n) is 9.96. The molecule has 164 valence electrons. The largest absolute Gasteiger partial charge is 0.496 e. The molecule has 2 aromatic rings. The van der Waals surface area contributed by atoms with E-state index in [0.29, 0.717) is 5.69 Å². The van der Waals surface area contributed by atoms with Crippen molar-refractivity contribution in [2.24, 2.45) is 0 Å². The predicted octanol–water partition coefficient (Wildman–Crippen LogP) is 4.08. The highest BCUT2D eigenvalue weighted by molar-refractivity contribution is 7.92. The fourth-order valence-electron chi connectivity index (χ4n) is 3.53. The van der Waals surface area contributed by atoms with Gasteiger partial charge >= 0.3 is 0 Å². The van der Waals surface area contributed by atoms with Crippen molar-refractivity contribution in [3.63, 3.8) is 0 Å². The minimum Gasteiger partial charge on any atom is -0.496 e. The van der Waals surface area contributed by atoms with E-state index in [1.54, 1.807) is 19.2 Å². The standard InChI is InChI=1S/C23H32N2O4S/c1-15(2)19-13-20(17(4)12-22(19)29-6)18(5)24-23(26)14-25(30(7,27)28)21-11-9-8-10-16(21)3/h8-13,15,18H,14H2,1-7H3,(H,24,26)/t18-/m1/s1. The first-order valence-corrected chi connectivity index (χ1v) is 11.8. The summed E-state index contributed by atoms with van der Waals surface area (Å²) >= 11 is 0. The lowest BCUT2D eigenvalue weighted by Gasteiger charge is -2.25. The van der Waals surface area contributed by atoms with Gasteiger partial charge in [-0.15, -0.1) is 0 Å². The van der Waals surface area contributed by atoms with E-state index in [1.165, 1.54) is 0 Å². The molecule has 1 atom stereocenters. The van der Waals surface area contributed by atoms with Crippen LogP contribution in [0.25, 0.3) is 0 Å². The second-order valence-corrected chi connectivity index (χ2v) is 9.86. The molecule has 0 unspecified atom stereocenters. The lowest BCUT2D eigenvalue weighted by molar-refractivity contribution is -0.120. The molecule has 0 fully saturated rings. The molecule has 2 aromatic carbocycles. The number of anilines is 1. The van der Waals surface area contributed by atoms with Crippen LogP contribution in [0.2, 0.25) is 0 Å². The van der Waals surface area contributed by atoms with Crippen molar-refractivity contribution in [1.82, 2.24) is 5.32 Å². The van der Waals surface area contributed by atoms with E-state index in [9.17, 15) is 13.2 Å². The fraction of sp³-hybridized carbons (Fsp3) is 0.435. The molecule has 0 spiro atoms. The number of sulfonamides is 1. The van der Waals surface area contributed by atoms with Crippen molar-refractivity contribution in [2.45, 2.75) is 46.6 Å². The van der Waals surface area contributed by atoms with E-state index >= 15 is 0 Å². The van der Waals surface area contributed by atoms with Crippen LogP contribution in [0.4, 0.5) is 5.69 Å². The smallest absolute Gasteiger partial charge is 0.241 e. The van der Waals surface area contributed by atoms with Gasteiger partial charge < -0.3 is 10.1 Å². The maximum absolute atomic E-state index is 12.8. The highest BCUT2D eigenvalue weighted by atomic mass is 32.2. The topological polar surface area (TPSA) is 75.7 Å². The summed E-state index contributed by atoms with van der Waals surface area (Å²) in [4.78, 5) is 12.8. The Balaban J connectivity index is 2.27. The summed E-state index contributed by atoms with van der Waals surface area (Å²) in [7, 11) is -1.97. The van der Waals surface area contributed by atoms with Crippen molar-refractivity contribution in [3.05, 3.63) is 58.7 Å². The van der Waals surface area contributed by atoms with Crippen molar-refractivity contribution < 1.29 is 17.9 Å². The Kier molecular flexibility index (Phi) is 7.53. The number of amides is 1. The Bertz CT molecular complexity index is 1020. The molecular formula is C23H32N2O4S. The number of ether oxygens (including phenoxy) is 1. The summed E-state index contributed by atoms with van der Waals surface area (Å²) in [5.41, 5.74) is 4.34. The third-order valence-electron chi connectivity index (χ3n) is 5.16. The third-order valence-corrected chi connectivity index (χ3v) is 6.28. The van der Waals surface area contributed by atoms with Gasteiger partial charge in [-0.3, -0.25) is 9.10 Å². The highest BCUT2D eigenvalue weighted by Gasteiger charge is 2.24. The zero-order valence-corrected chi connectivity index (χ0v) is 19.6. The molecular weight excluding hydrogens is 400 g/mol. The number of para-hydroxylation sites is 1. The van der Waals surface area contributed by atoms with E-state index in [2.05, 4.69) is 25.2 Å². The number of rotatable bonds is 8. The SMILES string of the molecule is COc1cc(C)c([C@@H](C)NC(=O)CN(c2ccccc2C)S(C)(=O)=O)cc1C(C)C. The van der Waals surface area contributed by atoms with Gasteiger partial charge in [0, 0.05) is 0 Å². The molecule has 0 saturated heterocycles. The molecule has 6 nitrogen and oxygen atoms in total. The minimum atomic E-state index is -3.62. The number of carbonyl (C=O) groups is 1. The van der Waals surface area contributed by atoms with Crippen molar-refractivity contribution in [2.75, 3.05) is 24.2 Å². The van der Waals surface area contributed by atoms with Gasteiger partial charge in [0.05, 0.1) is 25.1 Å². The number of hydrogen-bond acceptors (Lipinski definition) is 4. The van der Waals surface area contributed by atoms with E-state index in [0.717, 1.165) is 38.6 Å². The van der Waals surface area contributed by atoms with E-state index in [-0.39, 0.29) is 24.4 Å². The zero-order chi connectivity index (χ0) is 22.6. The molecule has 1 N–H and O–H groups in total. The van der Waals surface area contributed by atoms with Crippen molar-refractivity contribution in [3.8, 4) is 5.75 Å². The number of carbonyl (C=O) groups excluding carboxylic acids is 1. The van der Waals surface area contributed by atoms with Crippen LogP contribution in [0, 0.1) is 13.8 Å². The normalized spacial score (nSPS) is 12.5. The molecule has 1 amide bonds. The van der Waals surface area contributed by atoms with Gasteiger partial charge in [0.2, 0.25) is 15.9 Å². The van der Waals surface area contributed by atoms with Gasteiger partial charge in [-0.25, -0.2) is 8.42 Å². The fourth-order valence-corrected chi connectivity index (χ4v) is 4.44. The molecule has 0 aliphatic heterocycles. The summed E-state index contributed by atoms with van der Waals surface area (Å²) in [5.74, 6) is 0.731. The van der Waals surface area contributed by atoms with Crippen LogP contribution in [-0.2, 0) is 14.8 Å². The van der Waals surface area contributed by atoms with E-state index < -0.39 is 10.0 Å². The average Bonchev–Trinajstić information content (AvgIpc) is 2.65. The first kappa shape index (κ1) is 23.7.